The van der Waals surface area contributed by atoms with Gasteiger partial charge >= 0.3 is 6.18 Å². The second kappa shape index (κ2) is 3.77. The first-order valence-corrected chi connectivity index (χ1v) is 4.86. The average molecular weight is 225 g/mol. The quantitative estimate of drug-likeness (QED) is 0.721. The van der Waals surface area contributed by atoms with Crippen molar-refractivity contribution < 1.29 is 13.2 Å². The number of alkyl halides is 3. The summed E-state index contributed by atoms with van der Waals surface area (Å²) in [4.78, 5) is 4.14. The van der Waals surface area contributed by atoms with E-state index in [1.165, 1.54) is 6.07 Å². The van der Waals surface area contributed by atoms with Gasteiger partial charge in [-0.1, -0.05) is 6.07 Å². The van der Waals surface area contributed by atoms with E-state index >= 15 is 0 Å². The van der Waals surface area contributed by atoms with Crippen LogP contribution in [0.3, 0.4) is 0 Å². The predicted octanol–water partition coefficient (Wildman–Crippen LogP) is 3.65. The summed E-state index contributed by atoms with van der Waals surface area (Å²) in [7, 11) is 0. The number of fused-ring (bicyclic) bond motifs is 1. The standard InChI is InChI=1S/C12H10F3N/c1-8-4-10-5-9(6-12(13,14)15)2-3-11(10)16-7-8/h2-5,7H,6H2,1H3. The van der Waals surface area contributed by atoms with Gasteiger partial charge in [0.1, 0.15) is 0 Å². The minimum Gasteiger partial charge on any atom is -0.256 e. The van der Waals surface area contributed by atoms with Crippen molar-refractivity contribution in [3.05, 3.63) is 41.6 Å². The van der Waals surface area contributed by atoms with Gasteiger partial charge in [0.25, 0.3) is 0 Å². The average Bonchev–Trinajstić information content (AvgIpc) is 2.14. The second-order valence-electron chi connectivity index (χ2n) is 3.83. The molecule has 0 atom stereocenters. The third-order valence-corrected chi connectivity index (χ3v) is 2.29. The van der Waals surface area contributed by atoms with Crippen molar-refractivity contribution in [3.63, 3.8) is 0 Å². The maximum Gasteiger partial charge on any atom is 0.393 e. The van der Waals surface area contributed by atoms with Gasteiger partial charge in [0.05, 0.1) is 11.9 Å². The Morgan fingerprint density at radius 1 is 1.19 bits per heavy atom. The third kappa shape index (κ3) is 2.51. The highest BCUT2D eigenvalue weighted by molar-refractivity contribution is 5.79. The van der Waals surface area contributed by atoms with Gasteiger partial charge in [0.2, 0.25) is 0 Å². The number of hydrogen-bond donors (Lipinski definition) is 0. The van der Waals surface area contributed by atoms with E-state index in [1.807, 2.05) is 13.0 Å². The van der Waals surface area contributed by atoms with Crippen LogP contribution in [0.1, 0.15) is 11.1 Å². The van der Waals surface area contributed by atoms with Crippen molar-refractivity contribution in [2.24, 2.45) is 0 Å². The van der Waals surface area contributed by atoms with E-state index in [9.17, 15) is 13.2 Å². The molecule has 0 aliphatic heterocycles. The fourth-order valence-corrected chi connectivity index (χ4v) is 1.63. The number of hydrogen-bond acceptors (Lipinski definition) is 1. The smallest absolute Gasteiger partial charge is 0.256 e. The lowest BCUT2D eigenvalue weighted by molar-refractivity contribution is -0.127. The van der Waals surface area contributed by atoms with E-state index in [4.69, 9.17) is 0 Å². The highest BCUT2D eigenvalue weighted by Gasteiger charge is 2.27. The summed E-state index contributed by atoms with van der Waals surface area (Å²) in [5.41, 5.74) is 1.93. The van der Waals surface area contributed by atoms with Crippen LogP contribution in [-0.2, 0) is 6.42 Å². The zero-order chi connectivity index (χ0) is 11.8. The maximum absolute atomic E-state index is 12.2. The summed E-state index contributed by atoms with van der Waals surface area (Å²) in [6.07, 6.45) is -3.35. The molecule has 0 aliphatic carbocycles. The molecule has 1 nitrogen and oxygen atoms in total. The first-order valence-electron chi connectivity index (χ1n) is 4.86. The predicted molar refractivity (Wildman–Crippen MR) is 56.2 cm³/mol. The van der Waals surface area contributed by atoms with Gasteiger partial charge in [0.15, 0.2) is 0 Å². The number of aryl methyl sites for hydroxylation is 1. The Balaban J connectivity index is 2.43. The zero-order valence-electron chi connectivity index (χ0n) is 8.67. The second-order valence-corrected chi connectivity index (χ2v) is 3.83. The molecule has 1 aromatic carbocycles. The highest BCUT2D eigenvalue weighted by Crippen LogP contribution is 2.23. The van der Waals surface area contributed by atoms with Crippen LogP contribution in [0, 0.1) is 6.92 Å². The summed E-state index contributed by atoms with van der Waals surface area (Å²) < 4.78 is 36.6. The Morgan fingerprint density at radius 3 is 2.62 bits per heavy atom. The van der Waals surface area contributed by atoms with Gasteiger partial charge in [-0.2, -0.15) is 13.2 Å². The van der Waals surface area contributed by atoms with Crippen LogP contribution in [0.15, 0.2) is 30.5 Å². The SMILES string of the molecule is Cc1cnc2ccc(CC(F)(F)F)cc2c1. The summed E-state index contributed by atoms with van der Waals surface area (Å²) in [5, 5.41) is 0.752. The zero-order valence-corrected chi connectivity index (χ0v) is 8.67. The molecule has 0 bridgehead atoms. The molecule has 0 spiro atoms. The molecular weight excluding hydrogens is 215 g/mol. The molecule has 0 unspecified atom stereocenters. The van der Waals surface area contributed by atoms with Gasteiger partial charge < -0.3 is 0 Å². The number of pyridine rings is 1. The summed E-state index contributed by atoms with van der Waals surface area (Å²) >= 11 is 0. The number of benzene rings is 1. The largest absolute Gasteiger partial charge is 0.393 e. The van der Waals surface area contributed by atoms with Crippen molar-refractivity contribution in [1.82, 2.24) is 4.98 Å². The van der Waals surface area contributed by atoms with E-state index < -0.39 is 12.6 Å². The Hall–Kier alpha value is -1.58. The van der Waals surface area contributed by atoms with Crippen LogP contribution in [0.2, 0.25) is 0 Å². The van der Waals surface area contributed by atoms with Crippen molar-refractivity contribution in [2.75, 3.05) is 0 Å². The number of rotatable bonds is 1. The van der Waals surface area contributed by atoms with Crippen LogP contribution >= 0.6 is 0 Å². The first-order chi connectivity index (χ1) is 7.44. The molecule has 1 aromatic heterocycles. The topological polar surface area (TPSA) is 12.9 Å². The van der Waals surface area contributed by atoms with Crippen LogP contribution in [0.25, 0.3) is 10.9 Å². The number of halogens is 3. The molecule has 4 heteroatoms. The molecule has 16 heavy (non-hydrogen) atoms. The first kappa shape index (κ1) is 10.9. The van der Waals surface area contributed by atoms with Gasteiger partial charge in [-0.15, -0.1) is 0 Å². The minimum absolute atomic E-state index is 0.271. The molecule has 2 rings (SSSR count). The van der Waals surface area contributed by atoms with Crippen LogP contribution in [0.4, 0.5) is 13.2 Å². The van der Waals surface area contributed by atoms with Gasteiger partial charge in [-0.3, -0.25) is 4.98 Å². The molecule has 84 valence electrons. The summed E-state index contributed by atoms with van der Waals surface area (Å²) in [6.45, 7) is 1.86. The molecule has 0 aliphatic rings. The Kier molecular flexibility index (Phi) is 2.58. The summed E-state index contributed by atoms with van der Waals surface area (Å²) in [6, 6.07) is 6.47. The Labute approximate surface area is 90.9 Å². The van der Waals surface area contributed by atoms with E-state index in [0.717, 1.165) is 16.5 Å². The molecule has 0 radical (unpaired) electrons. The van der Waals surface area contributed by atoms with Gasteiger partial charge in [-0.25, -0.2) is 0 Å². The van der Waals surface area contributed by atoms with Crippen LogP contribution in [-0.4, -0.2) is 11.2 Å². The molecule has 0 saturated heterocycles. The van der Waals surface area contributed by atoms with E-state index in [1.54, 1.807) is 18.3 Å². The fraction of sp³-hybridized carbons (Fsp3) is 0.250. The monoisotopic (exact) mass is 225 g/mol. The molecule has 0 saturated carbocycles. The Bertz CT molecular complexity index is 517. The summed E-state index contributed by atoms with van der Waals surface area (Å²) in [5.74, 6) is 0. The third-order valence-electron chi connectivity index (χ3n) is 2.29. The molecule has 2 aromatic rings. The Morgan fingerprint density at radius 2 is 1.94 bits per heavy atom. The normalized spacial score (nSPS) is 12.0. The fourth-order valence-electron chi connectivity index (χ4n) is 1.63. The van der Waals surface area contributed by atoms with Crippen LogP contribution < -0.4 is 0 Å². The van der Waals surface area contributed by atoms with Gasteiger partial charge in [-0.05, 0) is 36.2 Å². The molecular formula is C12H10F3N. The lowest BCUT2D eigenvalue weighted by atomic mass is 10.1. The highest BCUT2D eigenvalue weighted by atomic mass is 19.4. The van der Waals surface area contributed by atoms with Gasteiger partial charge in [0, 0.05) is 11.6 Å². The molecule has 1 heterocycles. The van der Waals surface area contributed by atoms with E-state index in [-0.39, 0.29) is 5.56 Å². The van der Waals surface area contributed by atoms with Crippen molar-refractivity contribution in [2.45, 2.75) is 19.5 Å². The number of aromatic nitrogens is 1. The van der Waals surface area contributed by atoms with E-state index in [2.05, 4.69) is 4.98 Å². The molecule has 0 fully saturated rings. The lowest BCUT2D eigenvalue weighted by Gasteiger charge is -2.07. The van der Waals surface area contributed by atoms with Crippen molar-refractivity contribution >= 4 is 10.9 Å². The minimum atomic E-state index is -4.16. The van der Waals surface area contributed by atoms with Crippen molar-refractivity contribution in [3.8, 4) is 0 Å². The molecule has 0 N–H and O–H groups in total. The van der Waals surface area contributed by atoms with Crippen molar-refractivity contribution in [1.29, 1.82) is 0 Å². The van der Waals surface area contributed by atoms with Crippen LogP contribution in [0.5, 0.6) is 0 Å². The molecule has 0 amide bonds. The lowest BCUT2D eigenvalue weighted by Crippen LogP contribution is -2.11. The van der Waals surface area contributed by atoms with E-state index in [0.29, 0.717) is 0 Å². The maximum atomic E-state index is 12.2. The number of nitrogens with zero attached hydrogens (tertiary/aromatic N) is 1.